The van der Waals surface area contributed by atoms with Gasteiger partial charge in [-0.05, 0) is 24.2 Å². The van der Waals surface area contributed by atoms with Crippen LogP contribution in [0.25, 0.3) is 0 Å². The fourth-order valence-corrected chi connectivity index (χ4v) is 2.42. The number of hydrogen-bond acceptors (Lipinski definition) is 4. The van der Waals surface area contributed by atoms with Crippen molar-refractivity contribution in [3.8, 4) is 0 Å². The van der Waals surface area contributed by atoms with Crippen LogP contribution in [-0.4, -0.2) is 60.0 Å². The number of carbonyl (C=O) groups is 1. The number of amides is 1. The van der Waals surface area contributed by atoms with Crippen LogP contribution in [0.5, 0.6) is 0 Å². The van der Waals surface area contributed by atoms with Crippen LogP contribution < -0.4 is 5.32 Å². The van der Waals surface area contributed by atoms with Gasteiger partial charge in [-0.15, -0.1) is 0 Å². The SMILES string of the molecule is CCN(CCC(=O)N1CCNCC1)Cc1ccncc1. The summed E-state index contributed by atoms with van der Waals surface area (Å²) in [7, 11) is 0. The summed E-state index contributed by atoms with van der Waals surface area (Å²) < 4.78 is 0. The predicted molar refractivity (Wildman–Crippen MR) is 79.3 cm³/mol. The molecule has 0 bridgehead atoms. The van der Waals surface area contributed by atoms with Crippen LogP contribution in [0.15, 0.2) is 24.5 Å². The van der Waals surface area contributed by atoms with E-state index in [1.165, 1.54) is 5.56 Å². The molecule has 1 aliphatic rings. The molecule has 0 aromatic carbocycles. The maximum Gasteiger partial charge on any atom is 0.223 e. The van der Waals surface area contributed by atoms with Crippen LogP contribution in [0, 0.1) is 0 Å². The van der Waals surface area contributed by atoms with Gasteiger partial charge in [-0.1, -0.05) is 6.92 Å². The predicted octanol–water partition coefficient (Wildman–Crippen LogP) is 0.725. The first-order valence-electron chi connectivity index (χ1n) is 7.39. The molecule has 1 fully saturated rings. The molecular weight excluding hydrogens is 252 g/mol. The van der Waals surface area contributed by atoms with Crippen LogP contribution in [0.4, 0.5) is 0 Å². The number of nitrogens with zero attached hydrogens (tertiary/aromatic N) is 3. The van der Waals surface area contributed by atoms with E-state index in [4.69, 9.17) is 0 Å². The van der Waals surface area contributed by atoms with E-state index in [1.54, 1.807) is 0 Å². The summed E-state index contributed by atoms with van der Waals surface area (Å²) in [5.41, 5.74) is 1.25. The van der Waals surface area contributed by atoms with E-state index in [2.05, 4.69) is 22.1 Å². The molecule has 1 aromatic rings. The van der Waals surface area contributed by atoms with Crippen molar-refractivity contribution in [2.45, 2.75) is 19.9 Å². The fraction of sp³-hybridized carbons (Fsp3) is 0.600. The van der Waals surface area contributed by atoms with Gasteiger partial charge in [0.25, 0.3) is 0 Å². The molecule has 0 spiro atoms. The first kappa shape index (κ1) is 14.9. The van der Waals surface area contributed by atoms with E-state index >= 15 is 0 Å². The molecule has 2 heterocycles. The van der Waals surface area contributed by atoms with Crippen LogP contribution >= 0.6 is 0 Å². The second-order valence-corrected chi connectivity index (χ2v) is 5.11. The van der Waals surface area contributed by atoms with Gasteiger partial charge in [0, 0.05) is 58.1 Å². The van der Waals surface area contributed by atoms with Crippen molar-refractivity contribution in [2.24, 2.45) is 0 Å². The molecule has 20 heavy (non-hydrogen) atoms. The fourth-order valence-electron chi connectivity index (χ4n) is 2.42. The Morgan fingerprint density at radius 1 is 1.35 bits per heavy atom. The maximum atomic E-state index is 12.1. The Bertz CT molecular complexity index is 404. The molecule has 1 amide bonds. The lowest BCUT2D eigenvalue weighted by Gasteiger charge is -2.28. The molecule has 0 radical (unpaired) electrons. The van der Waals surface area contributed by atoms with Gasteiger partial charge in [-0.3, -0.25) is 14.7 Å². The lowest BCUT2D eigenvalue weighted by atomic mass is 10.2. The van der Waals surface area contributed by atoms with E-state index < -0.39 is 0 Å². The van der Waals surface area contributed by atoms with E-state index in [9.17, 15) is 4.79 Å². The summed E-state index contributed by atoms with van der Waals surface area (Å²) in [5.74, 6) is 0.277. The van der Waals surface area contributed by atoms with Gasteiger partial charge in [-0.2, -0.15) is 0 Å². The van der Waals surface area contributed by atoms with E-state index in [-0.39, 0.29) is 5.91 Å². The number of piperazine rings is 1. The molecule has 0 saturated carbocycles. The Labute approximate surface area is 121 Å². The van der Waals surface area contributed by atoms with E-state index in [1.807, 2.05) is 29.4 Å². The molecule has 110 valence electrons. The summed E-state index contributed by atoms with van der Waals surface area (Å²) in [5, 5.41) is 3.27. The van der Waals surface area contributed by atoms with Gasteiger partial charge in [0.1, 0.15) is 0 Å². The second-order valence-electron chi connectivity index (χ2n) is 5.11. The van der Waals surface area contributed by atoms with Crippen LogP contribution in [0.1, 0.15) is 18.9 Å². The van der Waals surface area contributed by atoms with Gasteiger partial charge >= 0.3 is 0 Å². The number of carbonyl (C=O) groups excluding carboxylic acids is 1. The number of pyridine rings is 1. The second kappa shape index (κ2) is 7.97. The lowest BCUT2D eigenvalue weighted by Crippen LogP contribution is -2.47. The van der Waals surface area contributed by atoms with Crippen molar-refractivity contribution >= 4 is 5.91 Å². The molecule has 0 atom stereocenters. The number of nitrogens with one attached hydrogen (secondary N) is 1. The zero-order valence-corrected chi connectivity index (χ0v) is 12.2. The van der Waals surface area contributed by atoms with Gasteiger partial charge in [-0.25, -0.2) is 0 Å². The van der Waals surface area contributed by atoms with Crippen molar-refractivity contribution < 1.29 is 4.79 Å². The summed E-state index contributed by atoms with van der Waals surface area (Å²) in [6.45, 7) is 8.31. The van der Waals surface area contributed by atoms with Crippen LogP contribution in [0.2, 0.25) is 0 Å². The average molecular weight is 276 g/mol. The normalized spacial score (nSPS) is 15.6. The molecule has 1 aliphatic heterocycles. The molecule has 5 nitrogen and oxygen atoms in total. The minimum Gasteiger partial charge on any atom is -0.340 e. The first-order chi connectivity index (χ1) is 9.79. The molecule has 0 unspecified atom stereocenters. The zero-order chi connectivity index (χ0) is 14.2. The zero-order valence-electron chi connectivity index (χ0n) is 12.2. The lowest BCUT2D eigenvalue weighted by molar-refractivity contribution is -0.132. The van der Waals surface area contributed by atoms with Gasteiger partial charge in [0.05, 0.1) is 0 Å². The van der Waals surface area contributed by atoms with Gasteiger partial charge in [0.15, 0.2) is 0 Å². The van der Waals surface area contributed by atoms with Crippen molar-refractivity contribution in [1.82, 2.24) is 20.1 Å². The molecule has 1 N–H and O–H groups in total. The maximum absolute atomic E-state index is 12.1. The third-order valence-electron chi connectivity index (χ3n) is 3.71. The Hall–Kier alpha value is -1.46. The number of rotatable bonds is 6. The summed E-state index contributed by atoms with van der Waals surface area (Å²) in [6, 6.07) is 4.06. The summed E-state index contributed by atoms with van der Waals surface area (Å²) >= 11 is 0. The Balaban J connectivity index is 1.77. The van der Waals surface area contributed by atoms with Crippen LogP contribution in [0.3, 0.4) is 0 Å². The summed E-state index contributed by atoms with van der Waals surface area (Å²) in [6.07, 6.45) is 4.24. The van der Waals surface area contributed by atoms with Crippen molar-refractivity contribution in [3.05, 3.63) is 30.1 Å². The molecule has 1 saturated heterocycles. The van der Waals surface area contributed by atoms with Gasteiger partial charge < -0.3 is 10.2 Å². The van der Waals surface area contributed by atoms with Crippen molar-refractivity contribution in [2.75, 3.05) is 39.3 Å². The smallest absolute Gasteiger partial charge is 0.223 e. The topological polar surface area (TPSA) is 48.5 Å². The van der Waals surface area contributed by atoms with E-state index in [0.29, 0.717) is 6.42 Å². The highest BCUT2D eigenvalue weighted by molar-refractivity contribution is 5.76. The Kier molecular flexibility index (Phi) is 5.95. The third kappa shape index (κ3) is 4.58. The average Bonchev–Trinajstić information content (AvgIpc) is 2.53. The highest BCUT2D eigenvalue weighted by atomic mass is 16.2. The van der Waals surface area contributed by atoms with Crippen LogP contribution in [-0.2, 0) is 11.3 Å². The summed E-state index contributed by atoms with van der Waals surface area (Å²) in [4.78, 5) is 20.4. The van der Waals surface area contributed by atoms with Gasteiger partial charge in [0.2, 0.25) is 5.91 Å². The largest absolute Gasteiger partial charge is 0.340 e. The monoisotopic (exact) mass is 276 g/mol. The third-order valence-corrected chi connectivity index (χ3v) is 3.71. The standard InChI is InChI=1S/C15H24N4O/c1-2-18(13-14-3-6-16-7-4-14)10-5-15(20)19-11-8-17-9-12-19/h3-4,6-7,17H,2,5,8-13H2,1H3. The Morgan fingerprint density at radius 3 is 2.70 bits per heavy atom. The quantitative estimate of drug-likeness (QED) is 0.832. The Morgan fingerprint density at radius 2 is 2.05 bits per heavy atom. The minimum absolute atomic E-state index is 0.277. The van der Waals surface area contributed by atoms with Crippen molar-refractivity contribution in [1.29, 1.82) is 0 Å². The minimum atomic E-state index is 0.277. The number of aromatic nitrogens is 1. The molecule has 5 heteroatoms. The highest BCUT2D eigenvalue weighted by Crippen LogP contribution is 2.05. The van der Waals surface area contributed by atoms with E-state index in [0.717, 1.165) is 45.8 Å². The molecule has 2 rings (SSSR count). The van der Waals surface area contributed by atoms with Crippen molar-refractivity contribution in [3.63, 3.8) is 0 Å². The molecule has 0 aliphatic carbocycles. The highest BCUT2D eigenvalue weighted by Gasteiger charge is 2.16. The first-order valence-corrected chi connectivity index (χ1v) is 7.39. The molecular formula is C15H24N4O. The number of hydrogen-bond donors (Lipinski definition) is 1. The molecule has 1 aromatic heterocycles.